The van der Waals surface area contributed by atoms with E-state index >= 15 is 0 Å². The summed E-state index contributed by atoms with van der Waals surface area (Å²) < 4.78 is 27.0. The van der Waals surface area contributed by atoms with Gasteiger partial charge >= 0.3 is 0 Å². The number of aromatic nitrogens is 2. The quantitative estimate of drug-likeness (QED) is 0.680. The van der Waals surface area contributed by atoms with E-state index in [-0.39, 0.29) is 21.8 Å². The molecule has 2 aromatic carbocycles. The lowest BCUT2D eigenvalue weighted by atomic mass is 10.1. The first-order valence-electron chi connectivity index (χ1n) is 7.13. The van der Waals surface area contributed by atoms with Crippen molar-refractivity contribution in [3.8, 4) is 0 Å². The molecule has 0 atom stereocenters. The minimum atomic E-state index is -3.86. The van der Waals surface area contributed by atoms with E-state index in [1.54, 1.807) is 19.1 Å². The summed E-state index contributed by atoms with van der Waals surface area (Å²) in [4.78, 5) is 11.3. The van der Waals surface area contributed by atoms with E-state index in [4.69, 9.17) is 0 Å². The molecule has 1 amide bonds. The average Bonchev–Trinajstić information content (AvgIpc) is 3.03. The number of amides is 1. The largest absolute Gasteiger partial charge is 0.301 e. The molecule has 3 rings (SSSR count). The van der Waals surface area contributed by atoms with Crippen molar-refractivity contribution in [1.82, 2.24) is 10.2 Å². The van der Waals surface area contributed by atoms with Crippen LogP contribution in [0.25, 0.3) is 10.8 Å². The molecule has 24 heavy (non-hydrogen) atoms. The number of benzene rings is 2. The molecular weight excluding hydrogens is 348 g/mol. The predicted octanol–water partition coefficient (Wildman–Crippen LogP) is 2.84. The zero-order valence-corrected chi connectivity index (χ0v) is 14.3. The molecule has 0 aliphatic heterocycles. The standard InChI is InChI=1S/C15H14N4O3S2/c1-2-13(20)16-14-17-18-15(23-14)24(21,22)19-12-8-7-10-5-3-4-6-11(10)9-12/h3-9,19H,2H2,1H3,(H,16,17,20). The Bertz CT molecular complexity index is 999. The van der Waals surface area contributed by atoms with Gasteiger partial charge in [-0.15, -0.1) is 10.2 Å². The van der Waals surface area contributed by atoms with Crippen LogP contribution in [0, 0.1) is 0 Å². The Hall–Kier alpha value is -2.52. The maximum atomic E-state index is 12.4. The van der Waals surface area contributed by atoms with Gasteiger partial charge in [0.2, 0.25) is 11.0 Å². The highest BCUT2D eigenvalue weighted by atomic mass is 32.2. The predicted molar refractivity (Wildman–Crippen MR) is 93.6 cm³/mol. The Labute approximate surface area is 142 Å². The monoisotopic (exact) mass is 362 g/mol. The number of nitrogens with one attached hydrogen (secondary N) is 2. The van der Waals surface area contributed by atoms with E-state index < -0.39 is 10.0 Å². The van der Waals surface area contributed by atoms with E-state index in [2.05, 4.69) is 20.2 Å². The van der Waals surface area contributed by atoms with E-state index in [0.717, 1.165) is 22.1 Å². The Morgan fingerprint density at radius 1 is 1.12 bits per heavy atom. The minimum Gasteiger partial charge on any atom is -0.301 e. The highest BCUT2D eigenvalue weighted by Crippen LogP contribution is 2.24. The second-order valence-corrected chi connectivity index (χ2v) is 7.78. The fourth-order valence-electron chi connectivity index (χ4n) is 2.03. The topological polar surface area (TPSA) is 101 Å². The van der Waals surface area contributed by atoms with Crippen molar-refractivity contribution in [3.63, 3.8) is 0 Å². The Balaban J connectivity index is 1.83. The lowest BCUT2D eigenvalue weighted by Crippen LogP contribution is -2.12. The third-order valence-corrected chi connectivity index (χ3v) is 5.79. The Morgan fingerprint density at radius 3 is 2.62 bits per heavy atom. The maximum Gasteiger partial charge on any atom is 0.291 e. The van der Waals surface area contributed by atoms with E-state index in [0.29, 0.717) is 5.69 Å². The number of rotatable bonds is 5. The average molecular weight is 362 g/mol. The molecule has 0 fully saturated rings. The molecule has 7 nitrogen and oxygen atoms in total. The summed E-state index contributed by atoms with van der Waals surface area (Å²) in [5, 5.41) is 11.9. The number of hydrogen-bond acceptors (Lipinski definition) is 6. The third kappa shape index (κ3) is 3.52. The van der Waals surface area contributed by atoms with Crippen molar-refractivity contribution in [2.75, 3.05) is 10.0 Å². The number of carbonyl (C=O) groups excluding carboxylic acids is 1. The zero-order valence-electron chi connectivity index (χ0n) is 12.7. The van der Waals surface area contributed by atoms with Crippen LogP contribution in [0.2, 0.25) is 0 Å². The minimum absolute atomic E-state index is 0.153. The smallest absolute Gasteiger partial charge is 0.291 e. The van der Waals surface area contributed by atoms with Crippen LogP contribution in [0.5, 0.6) is 0 Å². The molecule has 1 heterocycles. The molecule has 0 aliphatic carbocycles. The van der Waals surface area contributed by atoms with E-state index in [1.165, 1.54) is 0 Å². The molecule has 0 aliphatic rings. The van der Waals surface area contributed by atoms with Gasteiger partial charge in [0, 0.05) is 12.1 Å². The van der Waals surface area contributed by atoms with Gasteiger partial charge < -0.3 is 5.32 Å². The molecule has 0 saturated heterocycles. The maximum absolute atomic E-state index is 12.4. The summed E-state index contributed by atoms with van der Waals surface area (Å²) >= 11 is 0.802. The summed E-state index contributed by atoms with van der Waals surface area (Å²) in [5.74, 6) is -0.252. The van der Waals surface area contributed by atoms with Gasteiger partial charge in [0.1, 0.15) is 0 Å². The van der Waals surface area contributed by atoms with Crippen LogP contribution in [0.15, 0.2) is 46.8 Å². The van der Waals surface area contributed by atoms with Gasteiger partial charge in [0.15, 0.2) is 0 Å². The van der Waals surface area contributed by atoms with Crippen LogP contribution in [-0.4, -0.2) is 24.5 Å². The molecule has 1 aromatic heterocycles. The zero-order chi connectivity index (χ0) is 17.2. The van der Waals surface area contributed by atoms with E-state index in [9.17, 15) is 13.2 Å². The second-order valence-electron chi connectivity index (χ2n) is 4.94. The Kier molecular flexibility index (Phi) is 4.45. The van der Waals surface area contributed by atoms with Gasteiger partial charge in [0.05, 0.1) is 0 Å². The van der Waals surface area contributed by atoms with Crippen molar-refractivity contribution in [3.05, 3.63) is 42.5 Å². The van der Waals surface area contributed by atoms with Gasteiger partial charge in [0.25, 0.3) is 14.4 Å². The van der Waals surface area contributed by atoms with Crippen LogP contribution < -0.4 is 10.0 Å². The molecular formula is C15H14N4O3S2. The van der Waals surface area contributed by atoms with Crippen molar-refractivity contribution in [2.24, 2.45) is 0 Å². The SMILES string of the molecule is CCC(=O)Nc1nnc(S(=O)(=O)Nc2ccc3ccccc3c2)s1. The van der Waals surface area contributed by atoms with Crippen LogP contribution >= 0.6 is 11.3 Å². The van der Waals surface area contributed by atoms with Gasteiger partial charge in [-0.3, -0.25) is 9.52 Å². The molecule has 0 saturated carbocycles. The first kappa shape index (κ1) is 16.3. The number of anilines is 2. The van der Waals surface area contributed by atoms with Crippen LogP contribution in [-0.2, 0) is 14.8 Å². The summed E-state index contributed by atoms with van der Waals surface area (Å²) in [6.45, 7) is 1.69. The van der Waals surface area contributed by atoms with Crippen LogP contribution in [0.1, 0.15) is 13.3 Å². The lowest BCUT2D eigenvalue weighted by molar-refractivity contribution is -0.115. The second kappa shape index (κ2) is 6.54. The summed E-state index contributed by atoms with van der Waals surface area (Å²) in [5.41, 5.74) is 0.433. The fraction of sp³-hybridized carbons (Fsp3) is 0.133. The molecule has 0 radical (unpaired) electrons. The van der Waals surface area contributed by atoms with Gasteiger partial charge in [-0.05, 0) is 22.9 Å². The molecule has 9 heteroatoms. The van der Waals surface area contributed by atoms with Gasteiger partial charge in [-0.25, -0.2) is 0 Å². The number of nitrogens with zero attached hydrogens (tertiary/aromatic N) is 2. The Morgan fingerprint density at radius 2 is 1.88 bits per heavy atom. The summed E-state index contributed by atoms with van der Waals surface area (Å²) in [6, 6.07) is 12.9. The molecule has 124 valence electrons. The molecule has 2 N–H and O–H groups in total. The van der Waals surface area contributed by atoms with Crippen molar-refractivity contribution >= 4 is 48.9 Å². The first-order chi connectivity index (χ1) is 11.5. The summed E-state index contributed by atoms with van der Waals surface area (Å²) in [6.07, 6.45) is 0.275. The fourth-order valence-corrected chi connectivity index (χ4v) is 4.00. The molecule has 3 aromatic rings. The van der Waals surface area contributed by atoms with Crippen molar-refractivity contribution in [2.45, 2.75) is 17.7 Å². The normalized spacial score (nSPS) is 11.4. The van der Waals surface area contributed by atoms with Gasteiger partial charge in [-0.2, -0.15) is 8.42 Å². The number of fused-ring (bicyclic) bond motifs is 1. The number of hydrogen-bond donors (Lipinski definition) is 2. The summed E-state index contributed by atoms with van der Waals surface area (Å²) in [7, 11) is -3.86. The molecule has 0 unspecified atom stereocenters. The first-order valence-corrected chi connectivity index (χ1v) is 9.43. The number of carbonyl (C=O) groups is 1. The third-order valence-electron chi connectivity index (χ3n) is 3.21. The van der Waals surface area contributed by atoms with Crippen molar-refractivity contribution in [1.29, 1.82) is 0 Å². The van der Waals surface area contributed by atoms with Crippen LogP contribution in [0.4, 0.5) is 10.8 Å². The van der Waals surface area contributed by atoms with Crippen LogP contribution in [0.3, 0.4) is 0 Å². The highest BCUT2D eigenvalue weighted by Gasteiger charge is 2.21. The molecule has 0 bridgehead atoms. The van der Waals surface area contributed by atoms with E-state index in [1.807, 2.05) is 30.3 Å². The van der Waals surface area contributed by atoms with Gasteiger partial charge in [-0.1, -0.05) is 48.6 Å². The molecule has 0 spiro atoms. The number of sulfonamides is 1. The lowest BCUT2D eigenvalue weighted by Gasteiger charge is -2.06. The van der Waals surface area contributed by atoms with Crippen molar-refractivity contribution < 1.29 is 13.2 Å². The highest BCUT2D eigenvalue weighted by molar-refractivity contribution is 7.94.